The van der Waals surface area contributed by atoms with Crippen molar-refractivity contribution in [3.63, 3.8) is 0 Å². The van der Waals surface area contributed by atoms with Crippen molar-refractivity contribution in [1.29, 1.82) is 0 Å². The van der Waals surface area contributed by atoms with Gasteiger partial charge in [-0.1, -0.05) is 6.07 Å². The number of carbonyl (C=O) groups is 1. The molecule has 0 aromatic heterocycles. The molecule has 1 heterocycles. The lowest BCUT2D eigenvalue weighted by Gasteiger charge is -2.51. The Balaban J connectivity index is 1.66. The Labute approximate surface area is 131 Å². The van der Waals surface area contributed by atoms with Gasteiger partial charge in [-0.25, -0.2) is 0 Å². The summed E-state index contributed by atoms with van der Waals surface area (Å²) in [5.74, 6) is -0.701. The second-order valence-corrected chi connectivity index (χ2v) is 6.28. The maximum absolute atomic E-state index is 12.4. The van der Waals surface area contributed by atoms with Gasteiger partial charge in [0, 0.05) is 18.7 Å². The van der Waals surface area contributed by atoms with Gasteiger partial charge < -0.3 is 14.7 Å². The number of nitrogens with zero attached hydrogens (tertiary/aromatic N) is 1. The predicted octanol–water partition coefficient (Wildman–Crippen LogP) is 2.96. The third-order valence-corrected chi connectivity index (χ3v) is 4.98. The van der Waals surface area contributed by atoms with Crippen LogP contribution in [0.2, 0.25) is 0 Å². The molecular weight excluding hydrogens is 311 g/mol. The first-order valence-corrected chi connectivity index (χ1v) is 7.62. The Hall–Kier alpha value is -1.76. The molecule has 1 saturated carbocycles. The summed E-state index contributed by atoms with van der Waals surface area (Å²) < 4.78 is 40.6. The standard InChI is InChI=1S/C16H18F3NO3/c17-16(18,19)23-12-3-1-2-11(10-12)14(22)20-8-6-15(7-9-20)5-4-13(15)21/h1-3,10,13,21H,4-9H2. The van der Waals surface area contributed by atoms with E-state index in [2.05, 4.69) is 4.74 Å². The molecule has 1 spiro atoms. The van der Waals surface area contributed by atoms with E-state index in [1.807, 2.05) is 0 Å². The van der Waals surface area contributed by atoms with E-state index < -0.39 is 12.1 Å². The first-order chi connectivity index (χ1) is 10.8. The Morgan fingerprint density at radius 2 is 1.96 bits per heavy atom. The van der Waals surface area contributed by atoms with Crippen molar-refractivity contribution in [2.75, 3.05) is 13.1 Å². The number of halogens is 3. The second kappa shape index (κ2) is 5.70. The first-order valence-electron chi connectivity index (χ1n) is 7.62. The zero-order valence-electron chi connectivity index (χ0n) is 12.5. The van der Waals surface area contributed by atoms with Crippen LogP contribution in [-0.2, 0) is 0 Å². The first kappa shape index (κ1) is 16.1. The zero-order valence-corrected chi connectivity index (χ0v) is 12.5. The average molecular weight is 329 g/mol. The molecule has 1 aromatic carbocycles. The normalized spacial score (nSPS) is 23.5. The van der Waals surface area contributed by atoms with Crippen molar-refractivity contribution in [2.24, 2.45) is 5.41 Å². The molecule has 126 valence electrons. The van der Waals surface area contributed by atoms with Gasteiger partial charge >= 0.3 is 6.36 Å². The molecule has 1 saturated heterocycles. The SMILES string of the molecule is O=C(c1cccc(OC(F)(F)F)c1)N1CCC2(CCC2O)CC1. The third kappa shape index (κ3) is 3.29. The molecule has 23 heavy (non-hydrogen) atoms. The second-order valence-electron chi connectivity index (χ2n) is 6.28. The summed E-state index contributed by atoms with van der Waals surface area (Å²) in [7, 11) is 0. The van der Waals surface area contributed by atoms with E-state index in [1.165, 1.54) is 18.2 Å². The van der Waals surface area contributed by atoms with Gasteiger partial charge in [0.05, 0.1) is 6.10 Å². The number of hydrogen-bond donors (Lipinski definition) is 1. The Morgan fingerprint density at radius 3 is 2.48 bits per heavy atom. The third-order valence-electron chi connectivity index (χ3n) is 4.98. The topological polar surface area (TPSA) is 49.8 Å². The molecule has 0 bridgehead atoms. The molecule has 2 aliphatic rings. The summed E-state index contributed by atoms with van der Waals surface area (Å²) in [6.45, 7) is 1.03. The zero-order chi connectivity index (χ0) is 16.7. The summed E-state index contributed by atoms with van der Waals surface area (Å²) >= 11 is 0. The summed E-state index contributed by atoms with van der Waals surface area (Å²) in [5.41, 5.74) is 0.120. The van der Waals surface area contributed by atoms with Crippen molar-refractivity contribution in [1.82, 2.24) is 4.90 Å². The van der Waals surface area contributed by atoms with Gasteiger partial charge in [-0.3, -0.25) is 4.79 Å². The molecule has 4 nitrogen and oxygen atoms in total. The number of ether oxygens (including phenoxy) is 1. The van der Waals surface area contributed by atoms with Gasteiger partial charge in [-0.2, -0.15) is 0 Å². The maximum atomic E-state index is 12.4. The number of amides is 1. The van der Waals surface area contributed by atoms with Crippen LogP contribution in [-0.4, -0.2) is 41.5 Å². The fourth-order valence-electron chi connectivity index (χ4n) is 3.43. The predicted molar refractivity (Wildman–Crippen MR) is 75.9 cm³/mol. The Morgan fingerprint density at radius 1 is 1.26 bits per heavy atom. The minimum Gasteiger partial charge on any atom is -0.406 e. The maximum Gasteiger partial charge on any atom is 0.573 e. The summed E-state index contributed by atoms with van der Waals surface area (Å²) in [4.78, 5) is 14.1. The van der Waals surface area contributed by atoms with E-state index in [0.29, 0.717) is 13.1 Å². The van der Waals surface area contributed by atoms with Gasteiger partial charge in [0.15, 0.2) is 0 Å². The van der Waals surface area contributed by atoms with Gasteiger partial charge in [0.1, 0.15) is 5.75 Å². The van der Waals surface area contributed by atoms with Crippen molar-refractivity contribution in [3.8, 4) is 5.75 Å². The highest BCUT2D eigenvalue weighted by Crippen LogP contribution is 2.49. The van der Waals surface area contributed by atoms with Crippen LogP contribution < -0.4 is 4.74 Å². The monoisotopic (exact) mass is 329 g/mol. The van der Waals surface area contributed by atoms with Crippen LogP contribution in [0.3, 0.4) is 0 Å². The van der Waals surface area contributed by atoms with Crippen LogP contribution in [0, 0.1) is 5.41 Å². The minimum absolute atomic E-state index is 0.0575. The molecule has 7 heteroatoms. The smallest absolute Gasteiger partial charge is 0.406 e. The molecule has 1 atom stereocenters. The fourth-order valence-corrected chi connectivity index (χ4v) is 3.43. The molecule has 1 aliphatic carbocycles. The Bertz CT molecular complexity index is 594. The van der Waals surface area contributed by atoms with Crippen molar-refractivity contribution < 1.29 is 27.8 Å². The van der Waals surface area contributed by atoms with Crippen LogP contribution in [0.4, 0.5) is 13.2 Å². The summed E-state index contributed by atoms with van der Waals surface area (Å²) in [6, 6.07) is 5.13. The molecule has 1 amide bonds. The van der Waals surface area contributed by atoms with Crippen LogP contribution in [0.15, 0.2) is 24.3 Å². The number of aliphatic hydroxyl groups is 1. The van der Waals surface area contributed by atoms with Gasteiger partial charge in [-0.05, 0) is 49.3 Å². The van der Waals surface area contributed by atoms with Crippen LogP contribution >= 0.6 is 0 Å². The number of aliphatic hydroxyl groups excluding tert-OH is 1. The molecule has 0 radical (unpaired) electrons. The van der Waals surface area contributed by atoms with Gasteiger partial charge in [0.2, 0.25) is 0 Å². The molecule has 1 N–H and O–H groups in total. The van der Waals surface area contributed by atoms with Crippen molar-refractivity contribution in [3.05, 3.63) is 29.8 Å². The van der Waals surface area contributed by atoms with Crippen LogP contribution in [0.25, 0.3) is 0 Å². The van der Waals surface area contributed by atoms with E-state index in [1.54, 1.807) is 4.90 Å². The molecular formula is C16H18F3NO3. The number of piperidine rings is 1. The minimum atomic E-state index is -4.78. The highest BCUT2D eigenvalue weighted by Gasteiger charge is 2.47. The molecule has 2 fully saturated rings. The van der Waals surface area contributed by atoms with E-state index in [4.69, 9.17) is 0 Å². The summed E-state index contributed by atoms with van der Waals surface area (Å²) in [5, 5.41) is 9.88. The molecule has 1 aliphatic heterocycles. The van der Waals surface area contributed by atoms with Crippen molar-refractivity contribution >= 4 is 5.91 Å². The quantitative estimate of drug-likeness (QED) is 0.907. The molecule has 3 rings (SSSR count). The molecule has 1 unspecified atom stereocenters. The number of hydrogen-bond acceptors (Lipinski definition) is 3. The number of likely N-dealkylation sites (tertiary alicyclic amines) is 1. The molecule has 1 aromatic rings. The number of rotatable bonds is 2. The van der Waals surface area contributed by atoms with E-state index in [9.17, 15) is 23.1 Å². The largest absolute Gasteiger partial charge is 0.573 e. The fraction of sp³-hybridized carbons (Fsp3) is 0.562. The van der Waals surface area contributed by atoms with E-state index in [0.717, 1.165) is 31.7 Å². The van der Waals surface area contributed by atoms with E-state index in [-0.39, 0.29) is 23.0 Å². The lowest BCUT2D eigenvalue weighted by molar-refractivity contribution is -0.274. The number of benzene rings is 1. The van der Waals surface area contributed by atoms with Gasteiger partial charge in [-0.15, -0.1) is 13.2 Å². The van der Waals surface area contributed by atoms with E-state index >= 15 is 0 Å². The summed E-state index contributed by atoms with van der Waals surface area (Å²) in [6.07, 6.45) is -1.81. The van der Waals surface area contributed by atoms with Gasteiger partial charge in [0.25, 0.3) is 5.91 Å². The number of carbonyl (C=O) groups excluding carboxylic acids is 1. The van der Waals surface area contributed by atoms with Crippen LogP contribution in [0.1, 0.15) is 36.0 Å². The lowest BCUT2D eigenvalue weighted by Crippen LogP contribution is -2.53. The average Bonchev–Trinajstić information content (AvgIpc) is 2.51. The lowest BCUT2D eigenvalue weighted by atomic mass is 9.61. The Kier molecular flexibility index (Phi) is 4.00. The number of alkyl halides is 3. The van der Waals surface area contributed by atoms with Crippen LogP contribution in [0.5, 0.6) is 5.75 Å². The highest BCUT2D eigenvalue weighted by atomic mass is 19.4. The highest BCUT2D eigenvalue weighted by molar-refractivity contribution is 5.94. The van der Waals surface area contributed by atoms with Crippen molar-refractivity contribution in [2.45, 2.75) is 38.1 Å².